The highest BCUT2D eigenvalue weighted by Gasteiger charge is 2.19. The zero-order chi connectivity index (χ0) is 13.0. The quantitative estimate of drug-likeness (QED) is 0.825. The van der Waals surface area contributed by atoms with E-state index in [1.807, 2.05) is 6.92 Å². The molecule has 96 valence electrons. The fraction of sp³-hybridized carbons (Fsp3) is 0.600. The highest BCUT2D eigenvalue weighted by atomic mass is 16.3. The molecule has 3 unspecified atom stereocenters. The van der Waals surface area contributed by atoms with Gasteiger partial charge in [-0.25, -0.2) is 0 Å². The fourth-order valence-corrected chi connectivity index (χ4v) is 2.21. The highest BCUT2D eigenvalue weighted by Crippen LogP contribution is 2.26. The fourth-order valence-electron chi connectivity index (χ4n) is 2.21. The van der Waals surface area contributed by atoms with Gasteiger partial charge in [0.2, 0.25) is 0 Å². The topological polar surface area (TPSA) is 40.5 Å². The largest absolute Gasteiger partial charge is 0.390 e. The molecule has 1 aromatic rings. The molecular formula is C15H24O2. The smallest absolute Gasteiger partial charge is 0.0804 e. The van der Waals surface area contributed by atoms with E-state index in [0.29, 0.717) is 12.8 Å². The molecule has 0 heterocycles. The molecule has 1 aromatic carbocycles. The minimum absolute atomic E-state index is 0.270. The molecular weight excluding hydrogens is 212 g/mol. The number of aliphatic hydroxyl groups excluding tert-OH is 2. The van der Waals surface area contributed by atoms with Gasteiger partial charge < -0.3 is 10.2 Å². The third-order valence-electron chi connectivity index (χ3n) is 3.42. The van der Waals surface area contributed by atoms with Crippen LogP contribution >= 0.6 is 0 Å². The molecule has 0 aliphatic heterocycles. The van der Waals surface area contributed by atoms with E-state index in [-0.39, 0.29) is 5.92 Å². The Morgan fingerprint density at radius 3 is 2.35 bits per heavy atom. The average Bonchev–Trinajstić information content (AvgIpc) is 2.30. The summed E-state index contributed by atoms with van der Waals surface area (Å²) < 4.78 is 0. The zero-order valence-corrected chi connectivity index (χ0v) is 11.3. The van der Waals surface area contributed by atoms with Crippen molar-refractivity contribution in [2.45, 2.75) is 58.7 Å². The van der Waals surface area contributed by atoms with Gasteiger partial charge in [0, 0.05) is 0 Å². The van der Waals surface area contributed by atoms with Gasteiger partial charge in [-0.2, -0.15) is 0 Å². The second-order valence-electron chi connectivity index (χ2n) is 5.04. The molecule has 0 bridgehead atoms. The molecule has 0 fully saturated rings. The second kappa shape index (κ2) is 6.18. The van der Waals surface area contributed by atoms with Crippen molar-refractivity contribution in [2.75, 3.05) is 0 Å². The maximum Gasteiger partial charge on any atom is 0.0804 e. The van der Waals surface area contributed by atoms with Crippen molar-refractivity contribution in [3.8, 4) is 0 Å². The van der Waals surface area contributed by atoms with Gasteiger partial charge in [0.25, 0.3) is 0 Å². The van der Waals surface area contributed by atoms with Crippen LogP contribution in [0.5, 0.6) is 0 Å². The van der Waals surface area contributed by atoms with Crippen LogP contribution in [0.3, 0.4) is 0 Å². The van der Waals surface area contributed by atoms with Crippen LogP contribution in [-0.2, 0) is 0 Å². The zero-order valence-electron chi connectivity index (χ0n) is 11.3. The molecule has 0 saturated carbocycles. The molecule has 0 aliphatic rings. The van der Waals surface area contributed by atoms with Gasteiger partial charge in [0.15, 0.2) is 0 Å². The summed E-state index contributed by atoms with van der Waals surface area (Å²) in [5, 5.41) is 19.5. The first-order valence-electron chi connectivity index (χ1n) is 6.39. The maximum atomic E-state index is 9.86. The predicted molar refractivity (Wildman–Crippen MR) is 71.3 cm³/mol. The van der Waals surface area contributed by atoms with E-state index in [1.54, 1.807) is 0 Å². The van der Waals surface area contributed by atoms with Crippen molar-refractivity contribution in [1.82, 2.24) is 0 Å². The van der Waals surface area contributed by atoms with Gasteiger partial charge in [-0.15, -0.1) is 0 Å². The van der Waals surface area contributed by atoms with Crippen molar-refractivity contribution >= 4 is 0 Å². The summed E-state index contributed by atoms with van der Waals surface area (Å²) in [6, 6.07) is 6.39. The molecule has 0 aromatic heterocycles. The van der Waals surface area contributed by atoms with Crippen LogP contribution in [0.2, 0.25) is 0 Å². The Hall–Kier alpha value is -0.860. The van der Waals surface area contributed by atoms with Crippen molar-refractivity contribution in [3.05, 3.63) is 34.9 Å². The summed E-state index contributed by atoms with van der Waals surface area (Å²) in [5.41, 5.74) is 3.76. The molecule has 0 radical (unpaired) electrons. The van der Waals surface area contributed by atoms with Gasteiger partial charge in [-0.3, -0.25) is 0 Å². The van der Waals surface area contributed by atoms with Gasteiger partial charge in [-0.1, -0.05) is 37.6 Å². The molecule has 2 N–H and O–H groups in total. The summed E-state index contributed by atoms with van der Waals surface area (Å²) in [6.45, 7) is 8.16. The molecule has 1 rings (SSSR count). The summed E-state index contributed by atoms with van der Waals surface area (Å²) in [5.74, 6) is 0.270. The van der Waals surface area contributed by atoms with Gasteiger partial charge >= 0.3 is 0 Å². The van der Waals surface area contributed by atoms with Crippen LogP contribution in [0.4, 0.5) is 0 Å². The minimum Gasteiger partial charge on any atom is -0.390 e. The van der Waals surface area contributed by atoms with E-state index in [4.69, 9.17) is 0 Å². The molecule has 3 atom stereocenters. The van der Waals surface area contributed by atoms with E-state index < -0.39 is 12.2 Å². The van der Waals surface area contributed by atoms with Gasteiger partial charge in [0.1, 0.15) is 0 Å². The summed E-state index contributed by atoms with van der Waals surface area (Å²) in [7, 11) is 0. The molecule has 0 aliphatic carbocycles. The number of benzene rings is 1. The Morgan fingerprint density at radius 1 is 1.12 bits per heavy atom. The van der Waals surface area contributed by atoms with E-state index in [1.165, 1.54) is 16.7 Å². The molecule has 2 nitrogen and oxygen atoms in total. The number of rotatable bonds is 5. The van der Waals surface area contributed by atoms with Crippen LogP contribution in [0.15, 0.2) is 18.2 Å². The monoisotopic (exact) mass is 236 g/mol. The minimum atomic E-state index is -0.630. The Balaban J connectivity index is 2.75. The Morgan fingerprint density at radius 2 is 1.76 bits per heavy atom. The number of hydrogen-bond donors (Lipinski definition) is 2. The number of aryl methyl sites for hydroxylation is 2. The van der Waals surface area contributed by atoms with Crippen molar-refractivity contribution < 1.29 is 10.2 Å². The first kappa shape index (κ1) is 14.2. The van der Waals surface area contributed by atoms with Crippen molar-refractivity contribution in [1.29, 1.82) is 0 Å². The number of aliphatic hydroxyl groups is 2. The second-order valence-corrected chi connectivity index (χ2v) is 5.04. The Kier molecular flexibility index (Phi) is 5.16. The summed E-state index contributed by atoms with van der Waals surface area (Å²) >= 11 is 0. The van der Waals surface area contributed by atoms with Crippen LogP contribution in [0.1, 0.15) is 49.3 Å². The van der Waals surface area contributed by atoms with Crippen LogP contribution in [0, 0.1) is 13.8 Å². The third kappa shape index (κ3) is 3.83. The standard InChI is InChI=1S/C15H24O2/c1-5-14(16)15(17)9-12(4)13-8-10(2)6-7-11(13)3/h6-8,12,14-17H,5,9H2,1-4H3. The lowest BCUT2D eigenvalue weighted by atomic mass is 9.89. The van der Waals surface area contributed by atoms with Crippen LogP contribution in [-0.4, -0.2) is 22.4 Å². The van der Waals surface area contributed by atoms with Crippen LogP contribution < -0.4 is 0 Å². The van der Waals surface area contributed by atoms with Crippen molar-refractivity contribution in [2.24, 2.45) is 0 Å². The first-order valence-corrected chi connectivity index (χ1v) is 6.39. The van der Waals surface area contributed by atoms with E-state index in [9.17, 15) is 10.2 Å². The van der Waals surface area contributed by atoms with E-state index in [0.717, 1.165) is 0 Å². The third-order valence-corrected chi connectivity index (χ3v) is 3.42. The van der Waals surface area contributed by atoms with E-state index in [2.05, 4.69) is 39.0 Å². The Bertz CT molecular complexity index is 360. The highest BCUT2D eigenvalue weighted by molar-refractivity contribution is 5.33. The average molecular weight is 236 g/mol. The first-order chi connectivity index (χ1) is 7.95. The molecule has 0 saturated heterocycles. The van der Waals surface area contributed by atoms with Gasteiger partial charge in [-0.05, 0) is 43.7 Å². The molecule has 17 heavy (non-hydrogen) atoms. The number of hydrogen-bond acceptors (Lipinski definition) is 2. The molecule has 2 heteroatoms. The molecule has 0 spiro atoms. The van der Waals surface area contributed by atoms with Gasteiger partial charge in [0.05, 0.1) is 12.2 Å². The summed E-state index contributed by atoms with van der Waals surface area (Å²) in [4.78, 5) is 0. The lowest BCUT2D eigenvalue weighted by molar-refractivity contribution is 0.00951. The predicted octanol–water partition coefficient (Wildman–Crippen LogP) is 2.93. The lowest BCUT2D eigenvalue weighted by Crippen LogP contribution is -2.26. The maximum absolute atomic E-state index is 9.86. The van der Waals surface area contributed by atoms with E-state index >= 15 is 0 Å². The summed E-state index contributed by atoms with van der Waals surface area (Å²) in [6.07, 6.45) is -0.0301. The lowest BCUT2D eigenvalue weighted by Gasteiger charge is -2.22. The SMILES string of the molecule is CCC(O)C(O)CC(C)c1cc(C)ccc1C. The normalized spacial score (nSPS) is 16.6. The van der Waals surface area contributed by atoms with Crippen molar-refractivity contribution in [3.63, 3.8) is 0 Å². The van der Waals surface area contributed by atoms with Crippen LogP contribution in [0.25, 0.3) is 0 Å². The molecule has 0 amide bonds. The Labute approximate surface area is 104 Å².